The maximum Gasteiger partial charge on any atom is 0.225 e. The van der Waals surface area contributed by atoms with Crippen molar-refractivity contribution in [3.8, 4) is 11.3 Å². The Morgan fingerprint density at radius 1 is 1.23 bits per heavy atom. The number of hydrogen-bond donors (Lipinski definition) is 1. The lowest BCUT2D eigenvalue weighted by atomic mass is 9.98. The fraction of sp³-hybridized carbons (Fsp3) is 0.471. The molecule has 0 fully saturated rings. The highest BCUT2D eigenvalue weighted by Crippen LogP contribution is 2.29. The summed E-state index contributed by atoms with van der Waals surface area (Å²) in [5.41, 5.74) is 3.95. The molecule has 0 aliphatic carbocycles. The minimum absolute atomic E-state index is 0.0726. The van der Waals surface area contributed by atoms with E-state index in [1.54, 1.807) is 0 Å². The first-order valence-corrected chi connectivity index (χ1v) is 7.79. The highest BCUT2D eigenvalue weighted by molar-refractivity contribution is 5.93. The first-order valence-electron chi connectivity index (χ1n) is 7.79. The van der Waals surface area contributed by atoms with Gasteiger partial charge in [0, 0.05) is 12.0 Å². The molecule has 2 rings (SSSR count). The van der Waals surface area contributed by atoms with Crippen LogP contribution >= 0.6 is 0 Å². The summed E-state index contributed by atoms with van der Waals surface area (Å²) >= 11 is 0. The first kappa shape index (κ1) is 16.2. The molecule has 0 saturated heterocycles. The molecule has 0 bridgehead atoms. The molecule has 0 atom stereocenters. The van der Waals surface area contributed by atoms with Gasteiger partial charge in [-0.1, -0.05) is 39.8 Å². The molecule has 1 N–H and O–H groups in total. The van der Waals surface area contributed by atoms with Crippen LogP contribution in [-0.4, -0.2) is 16.2 Å². The van der Waals surface area contributed by atoms with E-state index in [0.29, 0.717) is 17.9 Å². The average molecular weight is 301 g/mol. The topological polar surface area (TPSA) is 68.0 Å². The van der Waals surface area contributed by atoms with Crippen LogP contribution in [-0.2, 0) is 17.6 Å². The number of aromatic nitrogens is 2. The van der Waals surface area contributed by atoms with Gasteiger partial charge in [-0.25, -0.2) is 4.63 Å². The lowest BCUT2D eigenvalue weighted by Crippen LogP contribution is -2.14. The maximum absolute atomic E-state index is 12.0. The summed E-state index contributed by atoms with van der Waals surface area (Å²) in [6.45, 7) is 8.20. The number of nitrogens with one attached hydrogen (secondary N) is 1. The van der Waals surface area contributed by atoms with E-state index in [4.69, 9.17) is 4.63 Å². The zero-order valence-electron chi connectivity index (χ0n) is 13.6. The molecule has 0 unspecified atom stereocenters. The Morgan fingerprint density at radius 2 is 2.00 bits per heavy atom. The van der Waals surface area contributed by atoms with Gasteiger partial charge in [-0.3, -0.25) is 4.79 Å². The summed E-state index contributed by atoms with van der Waals surface area (Å²) < 4.78 is 4.86. The number of amides is 1. The van der Waals surface area contributed by atoms with E-state index in [2.05, 4.69) is 47.7 Å². The Bertz CT molecular complexity index is 647. The van der Waals surface area contributed by atoms with Crippen molar-refractivity contribution in [1.82, 2.24) is 10.3 Å². The fourth-order valence-electron chi connectivity index (χ4n) is 2.37. The molecule has 2 aromatic rings. The fourth-order valence-corrected chi connectivity index (χ4v) is 2.37. The molecule has 118 valence electrons. The minimum atomic E-state index is -0.0726. The van der Waals surface area contributed by atoms with Crippen molar-refractivity contribution in [2.75, 3.05) is 5.32 Å². The van der Waals surface area contributed by atoms with Crippen molar-refractivity contribution in [2.24, 2.45) is 5.92 Å². The van der Waals surface area contributed by atoms with Crippen molar-refractivity contribution >= 4 is 11.7 Å². The van der Waals surface area contributed by atoms with Crippen molar-refractivity contribution in [2.45, 2.75) is 47.0 Å². The van der Waals surface area contributed by atoms with E-state index >= 15 is 0 Å². The van der Waals surface area contributed by atoms with Gasteiger partial charge >= 0.3 is 0 Å². The van der Waals surface area contributed by atoms with Gasteiger partial charge in [0.25, 0.3) is 0 Å². The quantitative estimate of drug-likeness (QED) is 0.880. The smallest absolute Gasteiger partial charge is 0.225 e. The first-order chi connectivity index (χ1) is 10.5. The van der Waals surface area contributed by atoms with Gasteiger partial charge in [0.2, 0.25) is 11.7 Å². The number of anilines is 1. The van der Waals surface area contributed by atoms with Crippen molar-refractivity contribution in [3.05, 3.63) is 29.3 Å². The van der Waals surface area contributed by atoms with Crippen LogP contribution in [0.3, 0.4) is 0 Å². The SMILES string of the molecule is CCc1ccc(CC)c(-c2nonc2NC(=O)CC(C)C)c1. The third-order valence-corrected chi connectivity index (χ3v) is 3.56. The van der Waals surface area contributed by atoms with Crippen LogP contribution in [0.2, 0.25) is 0 Å². The van der Waals surface area contributed by atoms with Gasteiger partial charge in [-0.15, -0.1) is 0 Å². The number of nitrogens with zero attached hydrogens (tertiary/aromatic N) is 2. The number of benzene rings is 1. The molecule has 0 spiro atoms. The third-order valence-electron chi connectivity index (χ3n) is 3.56. The minimum Gasteiger partial charge on any atom is -0.306 e. The molecular formula is C17H23N3O2. The van der Waals surface area contributed by atoms with E-state index in [-0.39, 0.29) is 11.8 Å². The summed E-state index contributed by atoms with van der Waals surface area (Å²) in [6.07, 6.45) is 2.27. The Hall–Kier alpha value is -2.17. The molecule has 5 heteroatoms. The van der Waals surface area contributed by atoms with Crippen LogP contribution in [0, 0.1) is 5.92 Å². The Balaban J connectivity index is 2.34. The Kier molecular flexibility index (Phi) is 5.31. The zero-order chi connectivity index (χ0) is 16.1. The largest absolute Gasteiger partial charge is 0.306 e. The van der Waals surface area contributed by atoms with Gasteiger partial charge in [0.15, 0.2) is 5.69 Å². The zero-order valence-corrected chi connectivity index (χ0v) is 13.6. The standard InChI is InChI=1S/C17H23N3O2/c1-5-12-7-8-13(6-2)14(10-12)16-17(20-22-19-16)18-15(21)9-11(3)4/h7-8,10-11H,5-6,9H2,1-4H3,(H,18,20,21). The normalized spacial score (nSPS) is 11.0. The summed E-state index contributed by atoms with van der Waals surface area (Å²) in [5.74, 6) is 0.614. The van der Waals surface area contributed by atoms with Gasteiger partial charge in [-0.2, -0.15) is 0 Å². The predicted octanol–water partition coefficient (Wildman–Crippen LogP) is 3.85. The Labute approximate surface area is 131 Å². The molecule has 0 radical (unpaired) electrons. The number of hydrogen-bond acceptors (Lipinski definition) is 4. The highest BCUT2D eigenvalue weighted by Gasteiger charge is 2.18. The lowest BCUT2D eigenvalue weighted by molar-refractivity contribution is -0.116. The Morgan fingerprint density at radius 3 is 2.64 bits per heavy atom. The van der Waals surface area contributed by atoms with E-state index < -0.39 is 0 Å². The van der Waals surface area contributed by atoms with E-state index in [0.717, 1.165) is 24.0 Å². The summed E-state index contributed by atoms with van der Waals surface area (Å²) in [7, 11) is 0. The molecule has 5 nitrogen and oxygen atoms in total. The van der Waals surface area contributed by atoms with Crippen LogP contribution < -0.4 is 5.32 Å². The van der Waals surface area contributed by atoms with Gasteiger partial charge < -0.3 is 5.32 Å². The number of rotatable bonds is 6. The van der Waals surface area contributed by atoms with Crippen molar-refractivity contribution < 1.29 is 9.42 Å². The van der Waals surface area contributed by atoms with E-state index in [1.807, 2.05) is 13.8 Å². The van der Waals surface area contributed by atoms with Crippen molar-refractivity contribution in [3.63, 3.8) is 0 Å². The molecule has 1 aromatic carbocycles. The number of aryl methyl sites for hydroxylation is 2. The molecule has 1 aromatic heterocycles. The summed E-state index contributed by atoms with van der Waals surface area (Å²) in [6, 6.07) is 6.31. The third kappa shape index (κ3) is 3.72. The van der Waals surface area contributed by atoms with Gasteiger partial charge in [0.05, 0.1) is 0 Å². The van der Waals surface area contributed by atoms with E-state index in [1.165, 1.54) is 5.56 Å². The second-order valence-electron chi connectivity index (χ2n) is 5.81. The predicted molar refractivity (Wildman–Crippen MR) is 86.6 cm³/mol. The maximum atomic E-state index is 12.0. The van der Waals surface area contributed by atoms with Crippen LogP contribution in [0.1, 0.15) is 45.2 Å². The van der Waals surface area contributed by atoms with Gasteiger partial charge in [0.1, 0.15) is 0 Å². The van der Waals surface area contributed by atoms with Crippen LogP contribution in [0.15, 0.2) is 22.8 Å². The highest BCUT2D eigenvalue weighted by atomic mass is 16.6. The monoisotopic (exact) mass is 301 g/mol. The second-order valence-corrected chi connectivity index (χ2v) is 5.81. The molecular weight excluding hydrogens is 278 g/mol. The van der Waals surface area contributed by atoms with Crippen LogP contribution in [0.25, 0.3) is 11.3 Å². The number of carbonyl (C=O) groups excluding carboxylic acids is 1. The summed E-state index contributed by atoms with van der Waals surface area (Å²) in [5, 5.41) is 10.7. The van der Waals surface area contributed by atoms with Crippen LogP contribution in [0.5, 0.6) is 0 Å². The van der Waals surface area contributed by atoms with Crippen molar-refractivity contribution in [1.29, 1.82) is 0 Å². The number of carbonyl (C=O) groups is 1. The molecule has 1 heterocycles. The van der Waals surface area contributed by atoms with Gasteiger partial charge in [-0.05, 0) is 46.3 Å². The second kappa shape index (κ2) is 7.20. The van der Waals surface area contributed by atoms with E-state index in [9.17, 15) is 4.79 Å². The molecule has 1 amide bonds. The molecule has 22 heavy (non-hydrogen) atoms. The van der Waals surface area contributed by atoms with Crippen LogP contribution in [0.4, 0.5) is 5.82 Å². The lowest BCUT2D eigenvalue weighted by Gasteiger charge is -2.09. The average Bonchev–Trinajstić information content (AvgIpc) is 2.93. The molecule has 0 saturated carbocycles. The summed E-state index contributed by atoms with van der Waals surface area (Å²) in [4.78, 5) is 12.0. The molecule has 0 aliphatic rings. The molecule has 0 aliphatic heterocycles.